The zero-order chi connectivity index (χ0) is 46.7. The van der Waals surface area contributed by atoms with Gasteiger partial charge in [0.25, 0.3) is 0 Å². The number of nitrogens with zero attached hydrogens (tertiary/aromatic N) is 9. The number of rotatable bonds is 8. The second-order valence-corrected chi connectivity index (χ2v) is 16.8. The van der Waals surface area contributed by atoms with Gasteiger partial charge in [-0.15, -0.1) is 0 Å². The van der Waals surface area contributed by atoms with E-state index in [2.05, 4.69) is 229 Å². The van der Waals surface area contributed by atoms with Crippen LogP contribution in [0.2, 0.25) is 0 Å². The molecular formula is C57H60N9+3. The summed E-state index contributed by atoms with van der Waals surface area (Å²) in [6.07, 6.45) is 12.6. The first-order valence-corrected chi connectivity index (χ1v) is 22.5. The van der Waals surface area contributed by atoms with E-state index >= 15 is 0 Å². The maximum absolute atomic E-state index is 4.71. The molecule has 0 unspecified atom stereocenters. The van der Waals surface area contributed by atoms with Crippen molar-refractivity contribution in [3.8, 4) is 67.5 Å². The van der Waals surface area contributed by atoms with Crippen LogP contribution in [0.5, 0.6) is 0 Å². The van der Waals surface area contributed by atoms with E-state index < -0.39 is 0 Å². The average molecular weight is 871 g/mol. The summed E-state index contributed by atoms with van der Waals surface area (Å²) in [6, 6.07) is 44.1. The minimum Gasteiger partial charge on any atom is -0.242 e. The maximum Gasteiger partial charge on any atom is 0.213 e. The summed E-state index contributed by atoms with van der Waals surface area (Å²) in [4.78, 5) is 26.6. The van der Waals surface area contributed by atoms with Crippen LogP contribution in [-0.2, 0) is 27.6 Å². The molecular weight excluding hydrogens is 811 g/mol. The monoisotopic (exact) mass is 870 g/mol. The molecule has 0 radical (unpaired) electrons. The minimum atomic E-state index is 0.325. The Bertz CT molecular complexity index is 3100. The van der Waals surface area contributed by atoms with Crippen molar-refractivity contribution in [2.75, 3.05) is 0 Å². The lowest BCUT2D eigenvalue weighted by Crippen LogP contribution is -2.30. The zero-order valence-electron chi connectivity index (χ0n) is 39.9. The highest BCUT2D eigenvalue weighted by atomic mass is 14.9. The van der Waals surface area contributed by atoms with Gasteiger partial charge in [-0.3, -0.25) is 0 Å². The normalized spacial score (nSPS) is 10.8. The molecule has 3 aromatic carbocycles. The van der Waals surface area contributed by atoms with E-state index in [4.69, 9.17) is 4.98 Å². The third kappa shape index (κ3) is 11.2. The molecule has 0 aliphatic rings. The molecule has 9 rings (SSSR count). The predicted octanol–water partition coefficient (Wildman–Crippen LogP) is 10.8. The van der Waals surface area contributed by atoms with Crippen molar-refractivity contribution in [1.29, 1.82) is 0 Å². The Morgan fingerprint density at radius 2 is 0.818 bits per heavy atom. The largest absolute Gasteiger partial charge is 0.242 e. The van der Waals surface area contributed by atoms with Gasteiger partial charge in [-0.25, -0.2) is 43.6 Å². The van der Waals surface area contributed by atoms with Crippen LogP contribution in [-0.4, -0.2) is 29.9 Å². The quantitative estimate of drug-likeness (QED) is 0.141. The van der Waals surface area contributed by atoms with Gasteiger partial charge in [-0.05, 0) is 80.8 Å². The van der Waals surface area contributed by atoms with Gasteiger partial charge in [0, 0.05) is 101 Å². The molecule has 9 heteroatoms. The smallest absolute Gasteiger partial charge is 0.213 e. The van der Waals surface area contributed by atoms with Crippen LogP contribution in [0.1, 0.15) is 60.9 Å². The zero-order valence-corrected chi connectivity index (χ0v) is 39.9. The predicted molar refractivity (Wildman–Crippen MR) is 265 cm³/mol. The highest BCUT2D eigenvalue weighted by Gasteiger charge is 2.17. The average Bonchev–Trinajstić information content (AvgIpc) is 3.33. The van der Waals surface area contributed by atoms with Crippen molar-refractivity contribution >= 4 is 0 Å². The molecule has 0 N–H and O–H groups in total. The second kappa shape index (κ2) is 21.4. The first kappa shape index (κ1) is 46.3. The van der Waals surface area contributed by atoms with Crippen LogP contribution in [0.15, 0.2) is 165 Å². The van der Waals surface area contributed by atoms with Crippen molar-refractivity contribution in [3.63, 3.8) is 0 Å². The number of pyridine rings is 3. The Labute approximate surface area is 390 Å². The van der Waals surface area contributed by atoms with E-state index in [1.54, 1.807) is 6.20 Å². The van der Waals surface area contributed by atoms with Crippen molar-refractivity contribution < 1.29 is 13.7 Å². The minimum absolute atomic E-state index is 0.325. The first-order chi connectivity index (χ1) is 31.9. The van der Waals surface area contributed by atoms with Crippen LogP contribution >= 0.6 is 0 Å². The lowest BCUT2D eigenvalue weighted by atomic mass is 10.0. The van der Waals surface area contributed by atoms with Crippen molar-refractivity contribution in [3.05, 3.63) is 199 Å². The van der Waals surface area contributed by atoms with E-state index in [9.17, 15) is 0 Å². The Morgan fingerprint density at radius 1 is 0.439 bits per heavy atom. The van der Waals surface area contributed by atoms with Crippen molar-refractivity contribution in [2.45, 2.75) is 60.8 Å². The number of hydrogen-bond acceptors (Lipinski definition) is 6. The summed E-state index contributed by atoms with van der Waals surface area (Å²) < 4.78 is 6.43. The van der Waals surface area contributed by atoms with E-state index in [0.717, 1.165) is 57.7 Å². The molecule has 0 bridgehead atoms. The number of aryl methyl sites for hydroxylation is 8. The highest BCUT2D eigenvalue weighted by Crippen LogP contribution is 2.28. The van der Waals surface area contributed by atoms with Gasteiger partial charge >= 0.3 is 0 Å². The van der Waals surface area contributed by atoms with Crippen molar-refractivity contribution in [2.24, 2.45) is 21.1 Å². The fourth-order valence-electron chi connectivity index (χ4n) is 7.73. The van der Waals surface area contributed by atoms with Gasteiger partial charge < -0.3 is 0 Å². The van der Waals surface area contributed by atoms with Gasteiger partial charge in [-0.1, -0.05) is 75.4 Å². The summed E-state index contributed by atoms with van der Waals surface area (Å²) in [5.41, 5.74) is 17.3. The molecule has 0 spiro atoms. The molecule has 0 saturated carbocycles. The highest BCUT2D eigenvalue weighted by molar-refractivity contribution is 5.70. The Hall–Kier alpha value is -7.65. The van der Waals surface area contributed by atoms with Crippen LogP contribution in [0.25, 0.3) is 67.5 Å². The third-order valence-corrected chi connectivity index (χ3v) is 11.6. The third-order valence-electron chi connectivity index (χ3n) is 11.6. The van der Waals surface area contributed by atoms with Gasteiger partial charge in [0.2, 0.25) is 17.1 Å². The number of hydrogen-bond donors (Lipinski definition) is 0. The van der Waals surface area contributed by atoms with Crippen LogP contribution in [0.4, 0.5) is 0 Å². The topological polar surface area (TPSA) is 89.0 Å². The Balaban J connectivity index is 0.000000147. The SMILES string of the molecule is CCc1nccc(-c2cc[n+](C)c(-c3ccccc3C)c2)n1.Cc1ccccc1-c1cc(-c2ccnc(C(C)C)n2)cc[n+]1C.Cc1nccc(-c2cc[n+](C)c(-c3ccccc3C)c2)n1. The number of aromatic nitrogens is 9. The Kier molecular flexibility index (Phi) is 15.0. The molecule has 330 valence electrons. The summed E-state index contributed by atoms with van der Waals surface area (Å²) in [6.45, 7) is 14.6. The molecule has 66 heavy (non-hydrogen) atoms. The van der Waals surface area contributed by atoms with Gasteiger partial charge in [0.1, 0.15) is 38.6 Å². The summed E-state index contributed by atoms with van der Waals surface area (Å²) in [7, 11) is 6.21. The van der Waals surface area contributed by atoms with Crippen LogP contribution in [0, 0.1) is 27.7 Å². The van der Waals surface area contributed by atoms with Crippen LogP contribution in [0.3, 0.4) is 0 Å². The lowest BCUT2D eigenvalue weighted by molar-refractivity contribution is -0.660. The molecule has 6 heterocycles. The molecule has 0 aliphatic heterocycles. The summed E-state index contributed by atoms with van der Waals surface area (Å²) in [5, 5.41) is 0. The van der Waals surface area contributed by atoms with Gasteiger partial charge in [-0.2, -0.15) is 0 Å². The van der Waals surface area contributed by atoms with E-state index in [1.165, 1.54) is 50.5 Å². The molecule has 0 amide bonds. The summed E-state index contributed by atoms with van der Waals surface area (Å²) >= 11 is 0. The van der Waals surface area contributed by atoms with E-state index in [-0.39, 0.29) is 0 Å². The molecule has 9 aromatic rings. The van der Waals surface area contributed by atoms with Crippen LogP contribution < -0.4 is 13.7 Å². The van der Waals surface area contributed by atoms with E-state index in [0.29, 0.717) is 5.92 Å². The molecule has 9 nitrogen and oxygen atoms in total. The second-order valence-electron chi connectivity index (χ2n) is 16.8. The molecule has 6 aromatic heterocycles. The standard InChI is InChI=1S/C20H22N3.C19H20N3.C18H18N3/c1-14(2)20-21-11-9-18(22-20)16-10-12-23(4)19(13-16)17-8-6-5-7-15(17)3;1-4-19-20-11-9-17(21-19)15-10-12-22(3)18(13-15)16-8-6-5-7-14(16)2;1-13-6-4-5-7-16(13)18-12-15(9-11-21(18)3)17-8-10-19-14(2)20-17/h5-14H,1-4H3;5-13H,4H2,1-3H3;4-12H,1-3H3/q3*+1. The lowest BCUT2D eigenvalue weighted by Gasteiger charge is -2.08. The van der Waals surface area contributed by atoms with Gasteiger partial charge in [0.05, 0.1) is 17.1 Å². The molecule has 0 fully saturated rings. The van der Waals surface area contributed by atoms with E-state index in [1.807, 2.05) is 37.5 Å². The van der Waals surface area contributed by atoms with Crippen molar-refractivity contribution in [1.82, 2.24) is 29.9 Å². The number of benzene rings is 3. The maximum atomic E-state index is 4.71. The molecule has 0 atom stereocenters. The fraction of sp³-hybridized carbons (Fsp3) is 0.211. The van der Waals surface area contributed by atoms with Gasteiger partial charge in [0.15, 0.2) is 18.6 Å². The first-order valence-electron chi connectivity index (χ1n) is 22.5. The fourth-order valence-corrected chi connectivity index (χ4v) is 7.73. The summed E-state index contributed by atoms with van der Waals surface area (Å²) in [5.74, 6) is 2.88. The molecule has 0 aliphatic carbocycles. The molecule has 0 saturated heterocycles. The Morgan fingerprint density at radius 3 is 1.21 bits per heavy atom.